The molecule has 0 aromatic rings. The molecule has 0 aliphatic carbocycles. The van der Waals surface area contributed by atoms with Crippen molar-refractivity contribution in [2.45, 2.75) is 74.5 Å². The van der Waals surface area contributed by atoms with Crippen LogP contribution in [0, 0.1) is 0 Å². The van der Waals surface area contributed by atoms with E-state index in [1.807, 2.05) is 0 Å². The third-order valence-electron chi connectivity index (χ3n) is 8.01. The standard InChI is InChI=1S/C22H40N6O2S2/c23-17(19(29)27-13-1-3-21(27)5-9-25-10-6-21)15-31-32-16-18(24)20(30)28-14-2-4-22(28)7-11-26-12-8-22/h17-18,25-26H,1-16,23-24H2/t17-,18-/m0/s1. The Morgan fingerprint density at radius 3 is 1.47 bits per heavy atom. The summed E-state index contributed by atoms with van der Waals surface area (Å²) in [6.45, 7) is 5.57. The van der Waals surface area contributed by atoms with E-state index < -0.39 is 12.1 Å². The fourth-order valence-corrected chi connectivity index (χ4v) is 8.40. The quantitative estimate of drug-likeness (QED) is 0.305. The minimum absolute atomic E-state index is 0.0207. The summed E-state index contributed by atoms with van der Waals surface area (Å²) in [5, 5.41) is 6.81. The maximum atomic E-state index is 13.1. The summed E-state index contributed by atoms with van der Waals surface area (Å²) in [7, 11) is 3.14. The van der Waals surface area contributed by atoms with Gasteiger partial charge in [-0.3, -0.25) is 9.59 Å². The molecule has 4 aliphatic rings. The summed E-state index contributed by atoms with van der Waals surface area (Å²) in [5.41, 5.74) is 12.6. The lowest BCUT2D eigenvalue weighted by Gasteiger charge is -2.43. The lowest BCUT2D eigenvalue weighted by Crippen LogP contribution is -2.57. The summed E-state index contributed by atoms with van der Waals surface area (Å²) >= 11 is 0. The number of carbonyl (C=O) groups excluding carboxylic acids is 2. The summed E-state index contributed by atoms with van der Waals surface area (Å²) in [6, 6.07) is -0.998. The van der Waals surface area contributed by atoms with E-state index in [0.717, 1.165) is 90.6 Å². The van der Waals surface area contributed by atoms with Gasteiger partial charge < -0.3 is 31.9 Å². The molecule has 32 heavy (non-hydrogen) atoms. The summed E-state index contributed by atoms with van der Waals surface area (Å²) in [5.74, 6) is 1.27. The van der Waals surface area contributed by atoms with Crippen LogP contribution in [0.15, 0.2) is 0 Å². The molecule has 0 radical (unpaired) electrons. The molecular formula is C22H40N6O2S2. The maximum absolute atomic E-state index is 13.1. The van der Waals surface area contributed by atoms with Crippen LogP contribution in [0.1, 0.15) is 51.4 Å². The Morgan fingerprint density at radius 2 is 1.09 bits per heavy atom. The van der Waals surface area contributed by atoms with Gasteiger partial charge in [0, 0.05) is 35.7 Å². The average Bonchev–Trinajstić information content (AvgIpc) is 3.40. The number of rotatable bonds is 7. The molecule has 0 saturated carbocycles. The van der Waals surface area contributed by atoms with Gasteiger partial charge in [-0.2, -0.15) is 0 Å². The van der Waals surface area contributed by atoms with E-state index in [-0.39, 0.29) is 22.9 Å². The van der Waals surface area contributed by atoms with E-state index in [0.29, 0.717) is 11.5 Å². The van der Waals surface area contributed by atoms with Crippen molar-refractivity contribution >= 4 is 33.4 Å². The van der Waals surface area contributed by atoms with Crippen molar-refractivity contribution in [3.05, 3.63) is 0 Å². The van der Waals surface area contributed by atoms with E-state index in [1.54, 1.807) is 21.6 Å². The molecule has 182 valence electrons. The van der Waals surface area contributed by atoms with Gasteiger partial charge in [-0.05, 0) is 77.5 Å². The number of hydrogen-bond acceptors (Lipinski definition) is 8. The molecule has 0 aromatic carbocycles. The molecule has 8 nitrogen and oxygen atoms in total. The third kappa shape index (κ3) is 5.10. The highest BCUT2D eigenvalue weighted by Crippen LogP contribution is 2.38. The highest BCUT2D eigenvalue weighted by Gasteiger charge is 2.46. The average molecular weight is 485 g/mol. The van der Waals surface area contributed by atoms with E-state index in [4.69, 9.17) is 11.5 Å². The first-order valence-electron chi connectivity index (χ1n) is 12.3. The largest absolute Gasteiger partial charge is 0.336 e. The molecule has 4 saturated heterocycles. The van der Waals surface area contributed by atoms with Crippen LogP contribution in [0.4, 0.5) is 0 Å². The van der Waals surface area contributed by atoms with Crippen molar-refractivity contribution in [2.75, 3.05) is 50.8 Å². The second kappa shape index (κ2) is 10.8. The van der Waals surface area contributed by atoms with Crippen molar-refractivity contribution in [3.63, 3.8) is 0 Å². The zero-order chi connectivity index (χ0) is 22.6. The maximum Gasteiger partial charge on any atom is 0.240 e. The van der Waals surface area contributed by atoms with Gasteiger partial charge in [-0.15, -0.1) is 0 Å². The highest BCUT2D eigenvalue weighted by molar-refractivity contribution is 8.76. The smallest absolute Gasteiger partial charge is 0.240 e. The second-order valence-corrected chi connectivity index (χ2v) is 12.5. The predicted molar refractivity (Wildman–Crippen MR) is 132 cm³/mol. The molecule has 4 rings (SSSR count). The van der Waals surface area contributed by atoms with Crippen LogP contribution in [0.2, 0.25) is 0 Å². The number of amides is 2. The Kier molecular flexibility index (Phi) is 8.32. The summed E-state index contributed by atoms with van der Waals surface area (Å²) in [6.07, 6.45) is 8.45. The van der Waals surface area contributed by atoms with Crippen molar-refractivity contribution in [1.82, 2.24) is 20.4 Å². The molecule has 2 amide bonds. The molecule has 4 heterocycles. The molecule has 0 bridgehead atoms. The molecular weight excluding hydrogens is 444 g/mol. The van der Waals surface area contributed by atoms with E-state index in [1.165, 1.54) is 0 Å². The Morgan fingerprint density at radius 1 is 0.719 bits per heavy atom. The molecule has 2 atom stereocenters. The third-order valence-corrected chi connectivity index (χ3v) is 10.5. The van der Waals surface area contributed by atoms with E-state index in [2.05, 4.69) is 20.4 Å². The summed E-state index contributed by atoms with van der Waals surface area (Å²) < 4.78 is 0. The fraction of sp³-hybridized carbons (Fsp3) is 0.909. The molecule has 10 heteroatoms. The number of carbonyl (C=O) groups is 2. The number of nitrogens with two attached hydrogens (primary N) is 2. The fourth-order valence-electron chi connectivity index (χ4n) is 6.17. The number of nitrogens with one attached hydrogen (secondary N) is 2. The lowest BCUT2D eigenvalue weighted by molar-refractivity contribution is -0.138. The van der Waals surface area contributed by atoms with Crippen molar-refractivity contribution < 1.29 is 9.59 Å². The molecule has 6 N–H and O–H groups in total. The first kappa shape index (κ1) is 24.6. The number of nitrogens with zero attached hydrogens (tertiary/aromatic N) is 2. The number of hydrogen-bond donors (Lipinski definition) is 4. The molecule has 2 spiro atoms. The van der Waals surface area contributed by atoms with Gasteiger partial charge in [-0.1, -0.05) is 21.6 Å². The van der Waals surface area contributed by atoms with Crippen molar-refractivity contribution in [1.29, 1.82) is 0 Å². The summed E-state index contributed by atoms with van der Waals surface area (Å²) in [4.78, 5) is 30.3. The van der Waals surface area contributed by atoms with Crippen molar-refractivity contribution in [3.8, 4) is 0 Å². The first-order valence-corrected chi connectivity index (χ1v) is 14.8. The first-order chi connectivity index (χ1) is 15.5. The van der Waals surface area contributed by atoms with Crippen LogP contribution < -0.4 is 22.1 Å². The molecule has 0 aromatic heterocycles. The minimum atomic E-state index is -0.499. The number of piperidine rings is 2. The van der Waals surface area contributed by atoms with Crippen LogP contribution in [0.3, 0.4) is 0 Å². The van der Waals surface area contributed by atoms with Gasteiger partial charge in [0.1, 0.15) is 0 Å². The van der Waals surface area contributed by atoms with Crippen LogP contribution in [0.25, 0.3) is 0 Å². The van der Waals surface area contributed by atoms with Crippen LogP contribution >= 0.6 is 21.6 Å². The van der Waals surface area contributed by atoms with E-state index >= 15 is 0 Å². The molecule has 4 aliphatic heterocycles. The minimum Gasteiger partial charge on any atom is -0.336 e. The van der Waals surface area contributed by atoms with Gasteiger partial charge in [0.15, 0.2) is 0 Å². The van der Waals surface area contributed by atoms with Crippen LogP contribution in [-0.4, -0.2) is 95.5 Å². The van der Waals surface area contributed by atoms with Crippen LogP contribution in [0.5, 0.6) is 0 Å². The second-order valence-electron chi connectivity index (χ2n) is 9.92. The Hall–Kier alpha value is -0.520. The van der Waals surface area contributed by atoms with Gasteiger partial charge in [0.25, 0.3) is 0 Å². The SMILES string of the molecule is N[C@@H](CSSC[C@H](N)C(=O)N1CCCC12CCNCC2)C(=O)N1CCCC12CCNCC2. The van der Waals surface area contributed by atoms with Gasteiger partial charge in [0.2, 0.25) is 11.8 Å². The Bertz CT molecular complexity index is 613. The zero-order valence-corrected chi connectivity index (χ0v) is 20.8. The molecule has 0 unspecified atom stereocenters. The monoisotopic (exact) mass is 484 g/mol. The van der Waals surface area contributed by atoms with Gasteiger partial charge in [-0.25, -0.2) is 0 Å². The Labute approximate surface area is 200 Å². The van der Waals surface area contributed by atoms with Gasteiger partial charge in [0.05, 0.1) is 12.1 Å². The topological polar surface area (TPSA) is 117 Å². The van der Waals surface area contributed by atoms with Crippen LogP contribution in [-0.2, 0) is 9.59 Å². The normalized spacial score (nSPS) is 26.6. The highest BCUT2D eigenvalue weighted by atomic mass is 33.1. The lowest BCUT2D eigenvalue weighted by atomic mass is 9.85. The zero-order valence-electron chi connectivity index (χ0n) is 19.2. The predicted octanol–water partition coefficient (Wildman–Crippen LogP) is 0.512. The molecule has 4 fully saturated rings. The van der Waals surface area contributed by atoms with E-state index in [9.17, 15) is 9.59 Å². The Balaban J connectivity index is 1.21. The van der Waals surface area contributed by atoms with Gasteiger partial charge >= 0.3 is 0 Å². The number of likely N-dealkylation sites (tertiary alicyclic amines) is 2. The van der Waals surface area contributed by atoms with Crippen molar-refractivity contribution in [2.24, 2.45) is 11.5 Å².